The number of hydrogen-bond donors (Lipinski definition) is 1. The maximum atomic E-state index is 12.8. The van der Waals surface area contributed by atoms with E-state index in [-0.39, 0.29) is 22.6 Å². The number of methoxy groups -OCH3 is 1. The summed E-state index contributed by atoms with van der Waals surface area (Å²) in [6.07, 6.45) is -4.48. The highest BCUT2D eigenvalue weighted by Gasteiger charge is 2.31. The molecule has 0 heterocycles. The smallest absolute Gasteiger partial charge is 0.416 e. The molecule has 0 bridgehead atoms. The Labute approximate surface area is 118 Å². The molecule has 2 rings (SSSR count). The Morgan fingerprint density at radius 2 is 1.86 bits per heavy atom. The van der Waals surface area contributed by atoms with Crippen LogP contribution >= 0.6 is 0 Å². The number of phenols is 1. The third-order valence-corrected chi connectivity index (χ3v) is 2.95. The highest BCUT2D eigenvalue weighted by Crippen LogP contribution is 2.38. The number of ether oxygens (including phenoxy) is 1. The molecule has 0 saturated heterocycles. The van der Waals surface area contributed by atoms with Crippen LogP contribution in [0.25, 0.3) is 11.1 Å². The number of alkyl halides is 3. The summed E-state index contributed by atoms with van der Waals surface area (Å²) < 4.78 is 43.4. The number of halogens is 3. The van der Waals surface area contributed by atoms with Crippen LogP contribution in [0, 0.1) is 11.3 Å². The van der Waals surface area contributed by atoms with Crippen LogP contribution in [0.15, 0.2) is 36.4 Å². The maximum Gasteiger partial charge on any atom is 0.416 e. The summed E-state index contributed by atoms with van der Waals surface area (Å²) in [4.78, 5) is 0. The number of aromatic hydroxyl groups is 1. The predicted molar refractivity (Wildman–Crippen MR) is 69.8 cm³/mol. The fourth-order valence-electron chi connectivity index (χ4n) is 1.90. The Kier molecular flexibility index (Phi) is 3.76. The first-order valence-corrected chi connectivity index (χ1v) is 5.85. The van der Waals surface area contributed by atoms with Gasteiger partial charge < -0.3 is 9.84 Å². The fourth-order valence-corrected chi connectivity index (χ4v) is 1.90. The molecule has 6 heteroatoms. The van der Waals surface area contributed by atoms with Crippen molar-refractivity contribution in [1.29, 1.82) is 5.26 Å². The first kappa shape index (κ1) is 14.7. The second kappa shape index (κ2) is 5.37. The molecule has 2 aromatic rings. The number of benzene rings is 2. The largest absolute Gasteiger partial charge is 0.507 e. The van der Waals surface area contributed by atoms with Gasteiger partial charge in [-0.25, -0.2) is 0 Å². The van der Waals surface area contributed by atoms with E-state index >= 15 is 0 Å². The lowest BCUT2D eigenvalue weighted by atomic mass is 9.99. The van der Waals surface area contributed by atoms with E-state index in [9.17, 15) is 18.3 Å². The topological polar surface area (TPSA) is 53.2 Å². The van der Waals surface area contributed by atoms with Gasteiger partial charge >= 0.3 is 6.18 Å². The van der Waals surface area contributed by atoms with Crippen LogP contribution in [0.3, 0.4) is 0 Å². The van der Waals surface area contributed by atoms with E-state index in [0.717, 1.165) is 12.1 Å². The van der Waals surface area contributed by atoms with E-state index in [1.54, 1.807) is 6.07 Å². The minimum atomic E-state index is -4.48. The van der Waals surface area contributed by atoms with Crippen molar-refractivity contribution in [3.63, 3.8) is 0 Å². The molecule has 108 valence electrons. The van der Waals surface area contributed by atoms with Gasteiger partial charge in [0.2, 0.25) is 0 Å². The molecule has 0 aromatic heterocycles. The molecule has 3 nitrogen and oxygen atoms in total. The zero-order valence-corrected chi connectivity index (χ0v) is 10.9. The molecule has 2 aromatic carbocycles. The van der Waals surface area contributed by atoms with Crippen LogP contribution in [-0.2, 0) is 6.18 Å². The molecule has 1 N–H and O–H groups in total. The number of rotatable bonds is 2. The van der Waals surface area contributed by atoms with Crippen molar-refractivity contribution in [1.82, 2.24) is 0 Å². The normalized spacial score (nSPS) is 11.0. The lowest BCUT2D eigenvalue weighted by molar-refractivity contribution is -0.137. The van der Waals surface area contributed by atoms with Crippen molar-refractivity contribution in [2.45, 2.75) is 6.18 Å². The fraction of sp³-hybridized carbons (Fsp3) is 0.133. The van der Waals surface area contributed by atoms with E-state index in [2.05, 4.69) is 0 Å². The molecule has 0 unspecified atom stereocenters. The van der Waals surface area contributed by atoms with Gasteiger partial charge in [-0.3, -0.25) is 0 Å². The molecule has 0 atom stereocenters. The van der Waals surface area contributed by atoms with Gasteiger partial charge in [-0.2, -0.15) is 18.4 Å². The minimum absolute atomic E-state index is 0.0213. The molecule has 0 aliphatic rings. The second-order valence-electron chi connectivity index (χ2n) is 4.26. The van der Waals surface area contributed by atoms with Crippen molar-refractivity contribution in [2.75, 3.05) is 7.11 Å². The predicted octanol–water partition coefficient (Wildman–Crippen LogP) is 3.96. The SMILES string of the molecule is COc1ccc(C(F)(F)F)cc1-c1ccc(O)c(C#N)c1. The van der Waals surface area contributed by atoms with Crippen LogP contribution in [0.1, 0.15) is 11.1 Å². The van der Waals surface area contributed by atoms with Crippen LogP contribution in [0.2, 0.25) is 0 Å². The van der Waals surface area contributed by atoms with Gasteiger partial charge in [0.25, 0.3) is 0 Å². The molecule has 0 radical (unpaired) electrons. The molecule has 21 heavy (non-hydrogen) atoms. The molecule has 0 fully saturated rings. The van der Waals surface area contributed by atoms with E-state index in [0.29, 0.717) is 5.56 Å². The van der Waals surface area contributed by atoms with E-state index in [1.165, 1.54) is 31.4 Å². The second-order valence-corrected chi connectivity index (χ2v) is 4.26. The molecule has 0 aliphatic heterocycles. The van der Waals surface area contributed by atoms with Crippen molar-refractivity contribution >= 4 is 0 Å². The molecular formula is C15H10F3NO2. The maximum absolute atomic E-state index is 12.8. The molecular weight excluding hydrogens is 283 g/mol. The lowest BCUT2D eigenvalue weighted by Gasteiger charge is -2.13. The lowest BCUT2D eigenvalue weighted by Crippen LogP contribution is -2.05. The average molecular weight is 293 g/mol. The van der Waals surface area contributed by atoms with E-state index in [1.807, 2.05) is 0 Å². The summed E-state index contributed by atoms with van der Waals surface area (Å²) in [7, 11) is 1.34. The highest BCUT2D eigenvalue weighted by atomic mass is 19.4. The zero-order chi connectivity index (χ0) is 15.6. The Balaban J connectivity index is 2.64. The minimum Gasteiger partial charge on any atom is -0.507 e. The van der Waals surface area contributed by atoms with Crippen molar-refractivity contribution in [3.05, 3.63) is 47.5 Å². The Hall–Kier alpha value is -2.68. The first-order valence-electron chi connectivity index (χ1n) is 5.85. The van der Waals surface area contributed by atoms with Gasteiger partial charge in [-0.15, -0.1) is 0 Å². The van der Waals surface area contributed by atoms with Gasteiger partial charge in [0.05, 0.1) is 18.2 Å². The average Bonchev–Trinajstić information content (AvgIpc) is 2.46. The van der Waals surface area contributed by atoms with Gasteiger partial charge in [0, 0.05) is 5.56 Å². The summed E-state index contributed by atoms with van der Waals surface area (Å²) in [5, 5.41) is 18.3. The number of nitriles is 1. The summed E-state index contributed by atoms with van der Waals surface area (Å²) >= 11 is 0. The van der Waals surface area contributed by atoms with Crippen LogP contribution in [0.4, 0.5) is 13.2 Å². The van der Waals surface area contributed by atoms with Gasteiger partial charge in [-0.05, 0) is 35.9 Å². The Morgan fingerprint density at radius 3 is 2.43 bits per heavy atom. The van der Waals surface area contributed by atoms with Gasteiger partial charge in [-0.1, -0.05) is 6.07 Å². The quantitative estimate of drug-likeness (QED) is 0.911. The van der Waals surface area contributed by atoms with E-state index in [4.69, 9.17) is 10.00 Å². The number of hydrogen-bond acceptors (Lipinski definition) is 3. The van der Waals surface area contributed by atoms with Crippen LogP contribution < -0.4 is 4.74 Å². The van der Waals surface area contributed by atoms with Crippen LogP contribution in [0.5, 0.6) is 11.5 Å². The third-order valence-electron chi connectivity index (χ3n) is 2.95. The van der Waals surface area contributed by atoms with Crippen molar-refractivity contribution in [3.8, 4) is 28.7 Å². The number of nitrogens with zero attached hydrogens (tertiary/aromatic N) is 1. The third kappa shape index (κ3) is 2.92. The molecule has 0 amide bonds. The monoisotopic (exact) mass is 293 g/mol. The van der Waals surface area contributed by atoms with Gasteiger partial charge in [0.1, 0.15) is 17.6 Å². The molecule has 0 saturated carbocycles. The summed E-state index contributed by atoms with van der Waals surface area (Å²) in [6.45, 7) is 0. The first-order chi connectivity index (χ1) is 9.86. The van der Waals surface area contributed by atoms with Crippen molar-refractivity contribution in [2.24, 2.45) is 0 Å². The van der Waals surface area contributed by atoms with Crippen molar-refractivity contribution < 1.29 is 23.0 Å². The molecule has 0 aliphatic carbocycles. The Bertz CT molecular complexity index is 718. The zero-order valence-electron chi connectivity index (χ0n) is 10.9. The van der Waals surface area contributed by atoms with Gasteiger partial charge in [0.15, 0.2) is 0 Å². The number of phenolic OH excluding ortho intramolecular Hbond substituents is 1. The van der Waals surface area contributed by atoms with Crippen LogP contribution in [-0.4, -0.2) is 12.2 Å². The Morgan fingerprint density at radius 1 is 1.14 bits per heavy atom. The molecule has 0 spiro atoms. The highest BCUT2D eigenvalue weighted by molar-refractivity contribution is 5.73. The summed E-state index contributed by atoms with van der Waals surface area (Å²) in [6, 6.07) is 8.86. The van der Waals surface area contributed by atoms with E-state index < -0.39 is 11.7 Å². The summed E-state index contributed by atoms with van der Waals surface area (Å²) in [5.74, 6) is 0.0183. The summed E-state index contributed by atoms with van der Waals surface area (Å²) in [5.41, 5.74) is -0.284. The standard InChI is InChI=1S/C15H10F3NO2/c1-21-14-5-3-11(15(16,17)18)7-12(14)9-2-4-13(20)10(6-9)8-19/h2-7,20H,1H3.